The van der Waals surface area contributed by atoms with E-state index in [0.717, 1.165) is 4.47 Å². The van der Waals surface area contributed by atoms with Crippen molar-refractivity contribution in [1.82, 2.24) is 16.0 Å². The lowest BCUT2D eigenvalue weighted by Gasteiger charge is -2.09. The largest absolute Gasteiger partial charge is 0.350 e. The van der Waals surface area contributed by atoms with Gasteiger partial charge >= 0.3 is 6.03 Å². The zero-order valence-corrected chi connectivity index (χ0v) is 15.4. The van der Waals surface area contributed by atoms with Crippen molar-refractivity contribution < 1.29 is 18.4 Å². The Bertz CT molecular complexity index is 767. The summed E-state index contributed by atoms with van der Waals surface area (Å²) in [6.07, 6.45) is 0.0472. The molecule has 138 valence electrons. The Morgan fingerprint density at radius 3 is 2.19 bits per heavy atom. The standard InChI is InChI=1S/C18H18BrF2N3O2/c19-13-4-1-3-12(11-13)17(25)22-9-10-24-18(26)23-8-7-14-15(20)5-2-6-16(14)21/h1-6,11H,7-10H2,(H,22,25)(H2,23,24,26). The third-order valence-corrected chi connectivity index (χ3v) is 4.00. The van der Waals surface area contributed by atoms with E-state index in [9.17, 15) is 18.4 Å². The number of nitrogens with one attached hydrogen (secondary N) is 3. The van der Waals surface area contributed by atoms with E-state index in [0.29, 0.717) is 5.56 Å². The average Bonchev–Trinajstić information content (AvgIpc) is 2.61. The molecule has 0 saturated heterocycles. The first-order valence-electron chi connectivity index (χ1n) is 7.95. The predicted molar refractivity (Wildman–Crippen MR) is 97.9 cm³/mol. The molecule has 26 heavy (non-hydrogen) atoms. The van der Waals surface area contributed by atoms with Crippen LogP contribution >= 0.6 is 15.9 Å². The number of amides is 3. The summed E-state index contributed by atoms with van der Waals surface area (Å²) in [7, 11) is 0. The maximum Gasteiger partial charge on any atom is 0.314 e. The fourth-order valence-electron chi connectivity index (χ4n) is 2.22. The maximum atomic E-state index is 13.5. The van der Waals surface area contributed by atoms with Gasteiger partial charge in [0.15, 0.2) is 0 Å². The van der Waals surface area contributed by atoms with E-state index in [1.807, 2.05) is 6.07 Å². The highest BCUT2D eigenvalue weighted by Crippen LogP contribution is 2.12. The summed E-state index contributed by atoms with van der Waals surface area (Å²) in [5.74, 6) is -1.52. The Balaban J connectivity index is 1.64. The number of hydrogen-bond donors (Lipinski definition) is 3. The Labute approximate surface area is 158 Å². The van der Waals surface area contributed by atoms with E-state index in [-0.39, 0.29) is 37.5 Å². The minimum absolute atomic E-state index is 0.0472. The van der Waals surface area contributed by atoms with Crippen LogP contribution in [0.25, 0.3) is 0 Å². The highest BCUT2D eigenvalue weighted by molar-refractivity contribution is 9.10. The topological polar surface area (TPSA) is 70.2 Å². The molecule has 0 fully saturated rings. The van der Waals surface area contributed by atoms with Crippen LogP contribution in [0.5, 0.6) is 0 Å². The van der Waals surface area contributed by atoms with E-state index in [2.05, 4.69) is 31.9 Å². The quantitative estimate of drug-likeness (QED) is 0.596. The number of urea groups is 1. The van der Waals surface area contributed by atoms with Gasteiger partial charge in [-0.1, -0.05) is 28.1 Å². The van der Waals surface area contributed by atoms with Gasteiger partial charge in [0.2, 0.25) is 0 Å². The van der Waals surface area contributed by atoms with Crippen LogP contribution in [0.3, 0.4) is 0 Å². The second-order valence-electron chi connectivity index (χ2n) is 5.40. The molecule has 0 radical (unpaired) electrons. The fourth-order valence-corrected chi connectivity index (χ4v) is 2.62. The lowest BCUT2D eigenvalue weighted by atomic mass is 10.1. The van der Waals surface area contributed by atoms with Crippen LogP contribution in [0.1, 0.15) is 15.9 Å². The minimum atomic E-state index is -0.637. The third-order valence-electron chi connectivity index (χ3n) is 3.51. The molecule has 8 heteroatoms. The van der Waals surface area contributed by atoms with Gasteiger partial charge in [-0.05, 0) is 36.8 Å². The second-order valence-corrected chi connectivity index (χ2v) is 6.31. The summed E-state index contributed by atoms with van der Waals surface area (Å²) in [4.78, 5) is 23.5. The number of carbonyl (C=O) groups excluding carboxylic acids is 2. The molecule has 0 aliphatic rings. The van der Waals surface area contributed by atoms with Crippen molar-refractivity contribution in [2.24, 2.45) is 0 Å². The lowest BCUT2D eigenvalue weighted by molar-refractivity contribution is 0.0953. The predicted octanol–water partition coefficient (Wildman–Crippen LogP) is 3.00. The van der Waals surface area contributed by atoms with Crippen LogP contribution in [0.2, 0.25) is 0 Å². The summed E-state index contributed by atoms with van der Waals surface area (Å²) in [5, 5.41) is 7.74. The highest BCUT2D eigenvalue weighted by atomic mass is 79.9. The van der Waals surface area contributed by atoms with Gasteiger partial charge in [-0.15, -0.1) is 0 Å². The number of rotatable bonds is 7. The summed E-state index contributed by atoms with van der Waals surface area (Å²) < 4.78 is 27.7. The van der Waals surface area contributed by atoms with E-state index < -0.39 is 17.7 Å². The molecule has 0 aromatic heterocycles. The van der Waals surface area contributed by atoms with Crippen molar-refractivity contribution in [3.8, 4) is 0 Å². The van der Waals surface area contributed by atoms with E-state index in [4.69, 9.17) is 0 Å². The van der Waals surface area contributed by atoms with Crippen LogP contribution in [-0.2, 0) is 6.42 Å². The van der Waals surface area contributed by atoms with Crippen molar-refractivity contribution in [1.29, 1.82) is 0 Å². The first-order valence-corrected chi connectivity index (χ1v) is 8.75. The molecule has 0 bridgehead atoms. The van der Waals surface area contributed by atoms with Crippen LogP contribution in [0.4, 0.5) is 13.6 Å². The zero-order valence-electron chi connectivity index (χ0n) is 13.8. The molecule has 3 amide bonds. The van der Waals surface area contributed by atoms with Crippen LogP contribution in [0, 0.1) is 11.6 Å². The third kappa shape index (κ3) is 6.11. The maximum absolute atomic E-state index is 13.5. The summed E-state index contributed by atoms with van der Waals surface area (Å²) in [5.41, 5.74) is 0.449. The molecule has 2 aromatic carbocycles. The first kappa shape index (κ1) is 19.8. The first-order chi connectivity index (χ1) is 12.5. The molecular formula is C18H18BrF2N3O2. The molecule has 0 unspecified atom stereocenters. The highest BCUT2D eigenvalue weighted by Gasteiger charge is 2.09. The molecule has 0 spiro atoms. The van der Waals surface area contributed by atoms with E-state index in [1.54, 1.807) is 18.2 Å². The minimum Gasteiger partial charge on any atom is -0.350 e. The van der Waals surface area contributed by atoms with Gasteiger partial charge in [-0.3, -0.25) is 4.79 Å². The van der Waals surface area contributed by atoms with Crippen LogP contribution < -0.4 is 16.0 Å². The van der Waals surface area contributed by atoms with Gasteiger partial charge in [-0.2, -0.15) is 0 Å². The smallest absolute Gasteiger partial charge is 0.314 e. The Morgan fingerprint density at radius 2 is 1.50 bits per heavy atom. The molecule has 5 nitrogen and oxygen atoms in total. The van der Waals surface area contributed by atoms with Gasteiger partial charge in [0, 0.05) is 35.2 Å². The average molecular weight is 426 g/mol. The summed E-state index contributed by atoms with van der Waals surface area (Å²) in [6.45, 7) is 0.564. The molecule has 2 rings (SSSR count). The van der Waals surface area contributed by atoms with Crippen LogP contribution in [-0.4, -0.2) is 31.6 Å². The van der Waals surface area contributed by atoms with Crippen molar-refractivity contribution in [2.45, 2.75) is 6.42 Å². The number of benzene rings is 2. The van der Waals surface area contributed by atoms with Gasteiger partial charge in [0.05, 0.1) is 0 Å². The molecule has 3 N–H and O–H groups in total. The van der Waals surface area contributed by atoms with Crippen molar-refractivity contribution in [2.75, 3.05) is 19.6 Å². The van der Waals surface area contributed by atoms with E-state index in [1.165, 1.54) is 18.2 Å². The Morgan fingerprint density at radius 1 is 0.885 bits per heavy atom. The van der Waals surface area contributed by atoms with Crippen LogP contribution in [0.15, 0.2) is 46.9 Å². The molecule has 0 aliphatic heterocycles. The zero-order chi connectivity index (χ0) is 18.9. The van der Waals surface area contributed by atoms with Crippen molar-refractivity contribution in [3.05, 3.63) is 69.7 Å². The monoisotopic (exact) mass is 425 g/mol. The van der Waals surface area contributed by atoms with Gasteiger partial charge in [0.25, 0.3) is 5.91 Å². The molecule has 0 saturated carbocycles. The number of carbonyl (C=O) groups is 2. The Hall–Kier alpha value is -2.48. The van der Waals surface area contributed by atoms with Crippen molar-refractivity contribution >= 4 is 27.9 Å². The van der Waals surface area contributed by atoms with Gasteiger partial charge in [0.1, 0.15) is 11.6 Å². The summed E-state index contributed by atoms with van der Waals surface area (Å²) in [6, 6.07) is 10.1. The summed E-state index contributed by atoms with van der Waals surface area (Å²) >= 11 is 3.29. The van der Waals surface area contributed by atoms with Gasteiger partial charge in [-0.25, -0.2) is 13.6 Å². The van der Waals surface area contributed by atoms with Gasteiger partial charge < -0.3 is 16.0 Å². The molecule has 0 aliphatic carbocycles. The molecule has 0 heterocycles. The Kier molecular flexibility index (Phi) is 7.53. The molecular weight excluding hydrogens is 408 g/mol. The van der Waals surface area contributed by atoms with Crippen molar-refractivity contribution in [3.63, 3.8) is 0 Å². The SMILES string of the molecule is O=C(NCCNC(=O)c1cccc(Br)c1)NCCc1c(F)cccc1F. The lowest BCUT2D eigenvalue weighted by Crippen LogP contribution is -2.41. The second kappa shape index (κ2) is 9.86. The normalized spacial score (nSPS) is 10.3. The fraction of sp³-hybridized carbons (Fsp3) is 0.222. The number of halogens is 3. The molecule has 0 atom stereocenters. The molecule has 2 aromatic rings. The van der Waals surface area contributed by atoms with E-state index >= 15 is 0 Å². The number of hydrogen-bond acceptors (Lipinski definition) is 2.